The third kappa shape index (κ3) is 2.61. The van der Waals surface area contributed by atoms with Crippen LogP contribution in [0.4, 0.5) is 0 Å². The summed E-state index contributed by atoms with van der Waals surface area (Å²) < 4.78 is 5.15. The van der Waals surface area contributed by atoms with Gasteiger partial charge in [0.05, 0.1) is 5.39 Å². The molecule has 4 nitrogen and oxygen atoms in total. The standard InChI is InChI=1S/C11H9NO3.ClH/c13-10(14)7-15-9-5-1-3-8-4-2-6-12-11(8)9;/h1-6H,7H2,(H,13,14);1H. The molecule has 0 atom stereocenters. The number of hydrogen-bond donors (Lipinski definition) is 1. The summed E-state index contributed by atoms with van der Waals surface area (Å²) in [6, 6.07) is 9.30. The first-order valence-electron chi connectivity index (χ1n) is 4.51. The normalized spacial score (nSPS) is 9.50. The van der Waals surface area contributed by atoms with Crippen LogP contribution in [-0.2, 0) is 4.79 Å². The van der Waals surface area contributed by atoms with Crippen LogP contribution in [0, 0.1) is 0 Å². The first-order chi connectivity index (χ1) is 7.27. The highest BCUT2D eigenvalue weighted by Gasteiger charge is 2.08. The molecule has 2 aromatic rings. The van der Waals surface area contributed by atoms with E-state index < -0.39 is 5.97 Å². The molecule has 0 amide bonds. The monoisotopic (exact) mass is 239 g/mol. The number of para-hydroxylation sites is 1. The van der Waals surface area contributed by atoms with Crippen molar-refractivity contribution in [2.45, 2.75) is 0 Å². The zero-order valence-corrected chi connectivity index (χ0v) is 9.07. The van der Waals surface area contributed by atoms with Crippen LogP contribution < -0.4 is 22.1 Å². The predicted molar refractivity (Wildman–Crippen MR) is 53.6 cm³/mol. The Labute approximate surface area is 98.3 Å². The zero-order valence-electron chi connectivity index (χ0n) is 8.31. The molecule has 84 valence electrons. The second-order valence-electron chi connectivity index (χ2n) is 3.07. The van der Waals surface area contributed by atoms with E-state index in [0.29, 0.717) is 5.75 Å². The van der Waals surface area contributed by atoms with E-state index in [1.165, 1.54) is 0 Å². The van der Waals surface area contributed by atoms with Gasteiger partial charge in [0.25, 0.3) is 5.52 Å². The summed E-state index contributed by atoms with van der Waals surface area (Å²) >= 11 is 0. The lowest BCUT2D eigenvalue weighted by Crippen LogP contribution is -3.00. The van der Waals surface area contributed by atoms with Gasteiger partial charge in [0.1, 0.15) is 0 Å². The summed E-state index contributed by atoms with van der Waals surface area (Å²) in [5.41, 5.74) is 0.807. The largest absolute Gasteiger partial charge is 1.00 e. The lowest BCUT2D eigenvalue weighted by Gasteiger charge is -2.02. The van der Waals surface area contributed by atoms with Crippen molar-refractivity contribution in [3.63, 3.8) is 0 Å². The van der Waals surface area contributed by atoms with E-state index in [1.807, 2.05) is 24.3 Å². The Balaban J connectivity index is 0.00000128. The second-order valence-corrected chi connectivity index (χ2v) is 3.07. The quantitative estimate of drug-likeness (QED) is 0.682. The van der Waals surface area contributed by atoms with Crippen LogP contribution in [-0.4, -0.2) is 17.7 Å². The van der Waals surface area contributed by atoms with Crippen molar-refractivity contribution >= 4 is 16.9 Å². The number of aromatic nitrogens is 1. The number of carboxylic acid groups (broad SMARTS) is 1. The number of benzene rings is 1. The molecule has 1 aromatic heterocycles. The third-order valence-electron chi connectivity index (χ3n) is 2.01. The molecule has 1 heterocycles. The smallest absolute Gasteiger partial charge is 0.341 e. The van der Waals surface area contributed by atoms with Crippen molar-refractivity contribution in [2.75, 3.05) is 6.61 Å². The first-order valence-corrected chi connectivity index (χ1v) is 4.51. The van der Waals surface area contributed by atoms with Crippen molar-refractivity contribution in [3.05, 3.63) is 36.5 Å². The van der Waals surface area contributed by atoms with Gasteiger partial charge >= 0.3 is 5.97 Å². The van der Waals surface area contributed by atoms with E-state index in [-0.39, 0.29) is 19.0 Å². The van der Waals surface area contributed by atoms with Gasteiger partial charge in [-0.1, -0.05) is 6.07 Å². The number of halogens is 1. The number of aliphatic carboxylic acids is 1. The Morgan fingerprint density at radius 1 is 1.31 bits per heavy atom. The Morgan fingerprint density at radius 3 is 2.81 bits per heavy atom. The summed E-state index contributed by atoms with van der Waals surface area (Å²) in [6.45, 7) is -0.332. The number of H-pyrrole nitrogens is 1. The molecule has 0 unspecified atom stereocenters. The van der Waals surface area contributed by atoms with Crippen molar-refractivity contribution < 1.29 is 32.0 Å². The number of carboxylic acids is 1. The van der Waals surface area contributed by atoms with Gasteiger partial charge in [0.2, 0.25) is 0 Å². The van der Waals surface area contributed by atoms with Gasteiger partial charge < -0.3 is 22.3 Å². The fourth-order valence-corrected chi connectivity index (χ4v) is 1.38. The Hall–Kier alpha value is -1.81. The molecular weight excluding hydrogens is 230 g/mol. The van der Waals surface area contributed by atoms with Gasteiger partial charge in [-0.15, -0.1) is 0 Å². The van der Waals surface area contributed by atoms with Crippen LogP contribution in [0.1, 0.15) is 0 Å². The number of fused-ring (bicyclic) bond motifs is 1. The summed E-state index contributed by atoms with van der Waals surface area (Å²) in [5, 5.41) is 9.50. The molecule has 2 N–H and O–H groups in total. The minimum Gasteiger partial charge on any atom is -1.00 e. The van der Waals surface area contributed by atoms with Crippen LogP contribution >= 0.6 is 0 Å². The van der Waals surface area contributed by atoms with Gasteiger partial charge in [-0.05, 0) is 18.2 Å². The summed E-state index contributed by atoms with van der Waals surface area (Å²) in [7, 11) is 0. The highest BCUT2D eigenvalue weighted by atomic mass is 35.5. The number of aromatic amines is 1. The predicted octanol–water partition coefficient (Wildman–Crippen LogP) is -1.88. The molecule has 1 aromatic carbocycles. The van der Waals surface area contributed by atoms with Crippen LogP contribution in [0.15, 0.2) is 36.5 Å². The molecule has 0 bridgehead atoms. The Bertz CT molecular complexity index is 496. The number of rotatable bonds is 3. The zero-order chi connectivity index (χ0) is 10.7. The molecule has 16 heavy (non-hydrogen) atoms. The fraction of sp³-hybridized carbons (Fsp3) is 0.0909. The number of pyridine rings is 1. The topological polar surface area (TPSA) is 60.7 Å². The molecule has 0 fully saturated rings. The minimum atomic E-state index is -0.983. The van der Waals surface area contributed by atoms with Crippen molar-refractivity contribution in [1.82, 2.24) is 0 Å². The maximum Gasteiger partial charge on any atom is 0.341 e. The van der Waals surface area contributed by atoms with Gasteiger partial charge in [-0.25, -0.2) is 9.78 Å². The molecule has 0 spiro atoms. The van der Waals surface area contributed by atoms with Crippen molar-refractivity contribution in [2.24, 2.45) is 0 Å². The molecule has 0 aliphatic rings. The molecule has 0 saturated heterocycles. The van der Waals surface area contributed by atoms with Crippen molar-refractivity contribution in [3.8, 4) is 5.75 Å². The number of nitrogens with one attached hydrogen (secondary N) is 1. The molecule has 0 saturated carbocycles. The highest BCUT2D eigenvalue weighted by molar-refractivity contribution is 5.81. The van der Waals surface area contributed by atoms with Gasteiger partial charge in [0, 0.05) is 6.07 Å². The molecule has 2 rings (SSSR count). The Kier molecular flexibility index (Phi) is 4.08. The average Bonchev–Trinajstić information content (AvgIpc) is 2.26. The second kappa shape index (κ2) is 5.32. The number of hydrogen-bond acceptors (Lipinski definition) is 2. The SMILES string of the molecule is O=C(O)COc1cccc2ccc[nH+]c12.[Cl-]. The van der Waals surface area contributed by atoms with Crippen molar-refractivity contribution in [1.29, 1.82) is 0 Å². The van der Waals surface area contributed by atoms with E-state index in [2.05, 4.69) is 4.98 Å². The summed E-state index contributed by atoms with van der Waals surface area (Å²) in [5.74, 6) is -0.432. The fourth-order valence-electron chi connectivity index (χ4n) is 1.38. The number of carbonyl (C=O) groups is 1. The van der Waals surface area contributed by atoms with Gasteiger partial charge in [-0.3, -0.25) is 0 Å². The van der Waals surface area contributed by atoms with Crippen LogP contribution in [0.5, 0.6) is 5.75 Å². The van der Waals surface area contributed by atoms with E-state index in [9.17, 15) is 4.79 Å². The number of ether oxygens (including phenoxy) is 1. The van der Waals surface area contributed by atoms with Gasteiger partial charge in [0.15, 0.2) is 18.6 Å². The summed E-state index contributed by atoms with van der Waals surface area (Å²) in [6.07, 6.45) is 1.77. The van der Waals surface area contributed by atoms with E-state index in [0.717, 1.165) is 10.9 Å². The highest BCUT2D eigenvalue weighted by Crippen LogP contribution is 2.20. The maximum atomic E-state index is 10.4. The molecule has 0 aliphatic heterocycles. The minimum absolute atomic E-state index is 0. The average molecular weight is 240 g/mol. The molecular formula is C11H10ClNO3. The molecule has 0 aliphatic carbocycles. The summed E-state index contributed by atoms with van der Waals surface area (Å²) in [4.78, 5) is 13.4. The van der Waals surface area contributed by atoms with Gasteiger partial charge in [-0.2, -0.15) is 0 Å². The molecule has 0 radical (unpaired) electrons. The lowest BCUT2D eigenvalue weighted by molar-refractivity contribution is -0.345. The van der Waals surface area contributed by atoms with Crippen LogP contribution in [0.25, 0.3) is 10.9 Å². The first kappa shape index (κ1) is 12.3. The van der Waals surface area contributed by atoms with Crippen LogP contribution in [0.3, 0.4) is 0 Å². The van der Waals surface area contributed by atoms with E-state index in [1.54, 1.807) is 12.3 Å². The lowest BCUT2D eigenvalue weighted by atomic mass is 10.2. The maximum absolute atomic E-state index is 10.4. The van der Waals surface area contributed by atoms with E-state index in [4.69, 9.17) is 9.84 Å². The molecule has 5 heteroatoms. The Morgan fingerprint density at radius 2 is 2.06 bits per heavy atom. The van der Waals surface area contributed by atoms with Crippen LogP contribution in [0.2, 0.25) is 0 Å². The third-order valence-corrected chi connectivity index (χ3v) is 2.01. The van der Waals surface area contributed by atoms with E-state index >= 15 is 0 Å².